The largest absolute Gasteiger partial charge is 0.294 e. The molecule has 0 saturated heterocycles. The average Bonchev–Trinajstić information content (AvgIpc) is 2.35. The van der Waals surface area contributed by atoms with E-state index in [2.05, 4.69) is 45.9 Å². The first kappa shape index (κ1) is 15.0. The molecule has 0 amide bonds. The highest BCUT2D eigenvalue weighted by molar-refractivity contribution is 6.29. The monoisotopic (exact) mass is 264 g/mol. The van der Waals surface area contributed by atoms with Gasteiger partial charge >= 0.3 is 0 Å². The van der Waals surface area contributed by atoms with Gasteiger partial charge in [0, 0.05) is 0 Å². The molecule has 2 heteroatoms. The van der Waals surface area contributed by atoms with Gasteiger partial charge in [-0.3, -0.25) is 4.79 Å². The van der Waals surface area contributed by atoms with Crippen LogP contribution in [0.2, 0.25) is 0 Å². The lowest BCUT2D eigenvalue weighted by atomic mass is 9.91. The van der Waals surface area contributed by atoms with Crippen molar-refractivity contribution in [2.45, 2.75) is 39.5 Å². The topological polar surface area (TPSA) is 17.1 Å². The van der Waals surface area contributed by atoms with E-state index in [0.29, 0.717) is 11.8 Å². The summed E-state index contributed by atoms with van der Waals surface area (Å²) in [5, 5.41) is 0. The standard InChI is InChI=1S/C16H21ClO/c1-11(2)14-6-5-13(7-8-15(18)10-17)16(9-14)12(3)4/h5-9,11-12H,10H2,1-4H3. The smallest absolute Gasteiger partial charge is 0.170 e. The van der Waals surface area contributed by atoms with E-state index in [0.717, 1.165) is 5.56 Å². The van der Waals surface area contributed by atoms with E-state index in [9.17, 15) is 4.79 Å². The average molecular weight is 265 g/mol. The van der Waals surface area contributed by atoms with Crippen molar-refractivity contribution < 1.29 is 4.79 Å². The predicted octanol–water partition coefficient (Wildman–Crippen LogP) is 4.75. The van der Waals surface area contributed by atoms with Crippen molar-refractivity contribution >= 4 is 23.5 Å². The molecule has 0 aliphatic carbocycles. The summed E-state index contributed by atoms with van der Waals surface area (Å²) in [5.41, 5.74) is 3.72. The van der Waals surface area contributed by atoms with Gasteiger partial charge in [0.1, 0.15) is 0 Å². The highest BCUT2D eigenvalue weighted by Crippen LogP contribution is 2.25. The maximum atomic E-state index is 11.2. The molecule has 0 atom stereocenters. The first-order valence-corrected chi connectivity index (χ1v) is 6.89. The fourth-order valence-electron chi connectivity index (χ4n) is 1.83. The Morgan fingerprint density at radius 2 is 1.89 bits per heavy atom. The van der Waals surface area contributed by atoms with Gasteiger partial charge < -0.3 is 0 Å². The van der Waals surface area contributed by atoms with Crippen molar-refractivity contribution in [3.63, 3.8) is 0 Å². The lowest BCUT2D eigenvalue weighted by Gasteiger charge is -2.14. The van der Waals surface area contributed by atoms with Gasteiger partial charge in [-0.05, 0) is 34.6 Å². The Bertz CT molecular complexity index is 444. The van der Waals surface area contributed by atoms with Gasteiger partial charge in [0.25, 0.3) is 0 Å². The molecule has 1 rings (SSSR count). The van der Waals surface area contributed by atoms with Crippen LogP contribution in [0.25, 0.3) is 6.08 Å². The minimum Gasteiger partial charge on any atom is -0.294 e. The maximum Gasteiger partial charge on any atom is 0.170 e. The molecule has 0 aliphatic rings. The number of allylic oxidation sites excluding steroid dienone is 1. The summed E-state index contributed by atoms with van der Waals surface area (Å²) >= 11 is 5.49. The fraction of sp³-hybridized carbons (Fsp3) is 0.438. The van der Waals surface area contributed by atoms with Crippen molar-refractivity contribution in [1.82, 2.24) is 0 Å². The molecule has 0 spiro atoms. The van der Waals surface area contributed by atoms with E-state index in [1.807, 2.05) is 6.08 Å². The molecule has 0 unspecified atom stereocenters. The van der Waals surface area contributed by atoms with Crippen LogP contribution in [0.3, 0.4) is 0 Å². The lowest BCUT2D eigenvalue weighted by molar-refractivity contribution is -0.112. The normalized spacial score (nSPS) is 11.7. The zero-order chi connectivity index (χ0) is 13.7. The first-order chi connectivity index (χ1) is 8.45. The minimum atomic E-state index is -0.0562. The van der Waals surface area contributed by atoms with Crippen LogP contribution in [-0.2, 0) is 4.79 Å². The van der Waals surface area contributed by atoms with E-state index in [1.54, 1.807) is 6.08 Å². The molecule has 0 bridgehead atoms. The molecule has 98 valence electrons. The summed E-state index contributed by atoms with van der Waals surface area (Å²) < 4.78 is 0. The molecule has 1 nitrogen and oxygen atoms in total. The van der Waals surface area contributed by atoms with E-state index >= 15 is 0 Å². The number of benzene rings is 1. The number of hydrogen-bond acceptors (Lipinski definition) is 1. The quantitative estimate of drug-likeness (QED) is 0.554. The minimum absolute atomic E-state index is 0.0393. The third-order valence-electron chi connectivity index (χ3n) is 2.98. The zero-order valence-corrected chi connectivity index (χ0v) is 12.3. The van der Waals surface area contributed by atoms with Gasteiger partial charge in [0.2, 0.25) is 0 Å². The summed E-state index contributed by atoms with van der Waals surface area (Å²) in [6.07, 6.45) is 3.42. The van der Waals surface area contributed by atoms with E-state index in [-0.39, 0.29) is 11.7 Å². The highest BCUT2D eigenvalue weighted by Gasteiger charge is 2.08. The Labute approximate surface area is 115 Å². The predicted molar refractivity (Wildman–Crippen MR) is 79.4 cm³/mol. The summed E-state index contributed by atoms with van der Waals surface area (Å²) in [4.78, 5) is 11.2. The lowest BCUT2D eigenvalue weighted by Crippen LogP contribution is -1.97. The van der Waals surface area contributed by atoms with Crippen LogP contribution in [0.5, 0.6) is 0 Å². The Kier molecular flexibility index (Phi) is 5.61. The van der Waals surface area contributed by atoms with E-state index < -0.39 is 0 Å². The van der Waals surface area contributed by atoms with E-state index in [4.69, 9.17) is 11.6 Å². The summed E-state index contributed by atoms with van der Waals surface area (Å²) in [6, 6.07) is 6.45. The molecular formula is C16H21ClO. The highest BCUT2D eigenvalue weighted by atomic mass is 35.5. The van der Waals surface area contributed by atoms with Gasteiger partial charge in [-0.15, -0.1) is 11.6 Å². The number of carbonyl (C=O) groups excluding carboxylic acids is 1. The number of ketones is 1. The number of hydrogen-bond donors (Lipinski definition) is 0. The Morgan fingerprint density at radius 1 is 1.22 bits per heavy atom. The van der Waals surface area contributed by atoms with Crippen molar-refractivity contribution in [2.24, 2.45) is 0 Å². The SMILES string of the molecule is CC(C)c1ccc(C=CC(=O)CCl)c(C(C)C)c1. The van der Waals surface area contributed by atoms with Gasteiger partial charge in [-0.25, -0.2) is 0 Å². The van der Waals surface area contributed by atoms with Gasteiger partial charge in [0.15, 0.2) is 5.78 Å². The summed E-state index contributed by atoms with van der Waals surface area (Å²) in [7, 11) is 0. The molecule has 18 heavy (non-hydrogen) atoms. The molecule has 0 radical (unpaired) electrons. The molecule has 0 N–H and O–H groups in total. The van der Waals surface area contributed by atoms with Crippen molar-refractivity contribution in [2.75, 3.05) is 5.88 Å². The second-order valence-electron chi connectivity index (χ2n) is 5.13. The van der Waals surface area contributed by atoms with Crippen LogP contribution in [0, 0.1) is 0 Å². The third-order valence-corrected chi connectivity index (χ3v) is 3.24. The van der Waals surface area contributed by atoms with Crippen LogP contribution in [0.1, 0.15) is 56.2 Å². The third kappa shape index (κ3) is 3.99. The molecule has 0 saturated carbocycles. The molecule has 0 fully saturated rings. The molecule has 0 heterocycles. The van der Waals surface area contributed by atoms with Gasteiger partial charge in [0.05, 0.1) is 5.88 Å². The van der Waals surface area contributed by atoms with Crippen molar-refractivity contribution in [1.29, 1.82) is 0 Å². The van der Waals surface area contributed by atoms with Crippen LogP contribution < -0.4 is 0 Å². The maximum absolute atomic E-state index is 11.2. The second kappa shape index (κ2) is 6.75. The zero-order valence-electron chi connectivity index (χ0n) is 11.5. The van der Waals surface area contributed by atoms with Crippen LogP contribution in [-0.4, -0.2) is 11.7 Å². The second-order valence-corrected chi connectivity index (χ2v) is 5.40. The van der Waals surface area contributed by atoms with E-state index in [1.165, 1.54) is 11.1 Å². The van der Waals surface area contributed by atoms with Crippen molar-refractivity contribution in [3.8, 4) is 0 Å². The number of halogens is 1. The summed E-state index contributed by atoms with van der Waals surface area (Å²) in [6.45, 7) is 8.71. The van der Waals surface area contributed by atoms with Crippen LogP contribution in [0.4, 0.5) is 0 Å². The van der Waals surface area contributed by atoms with Crippen molar-refractivity contribution in [3.05, 3.63) is 41.0 Å². The van der Waals surface area contributed by atoms with Gasteiger partial charge in [-0.2, -0.15) is 0 Å². The number of rotatable bonds is 5. The molecule has 0 aromatic heterocycles. The first-order valence-electron chi connectivity index (χ1n) is 6.36. The molecular weight excluding hydrogens is 244 g/mol. The summed E-state index contributed by atoms with van der Waals surface area (Å²) in [5.74, 6) is 0.941. The van der Waals surface area contributed by atoms with Gasteiger partial charge in [-0.1, -0.05) is 52.0 Å². The Morgan fingerprint density at radius 3 is 2.39 bits per heavy atom. The number of alkyl halides is 1. The van der Waals surface area contributed by atoms with Crippen LogP contribution in [0.15, 0.2) is 24.3 Å². The number of carbonyl (C=O) groups is 1. The Hall–Kier alpha value is -1.08. The fourth-order valence-corrected chi connectivity index (χ4v) is 1.92. The molecule has 1 aromatic rings. The molecule has 1 aromatic carbocycles. The Balaban J connectivity index is 3.12. The molecule has 0 aliphatic heterocycles. The van der Waals surface area contributed by atoms with Crippen LogP contribution >= 0.6 is 11.6 Å².